The van der Waals surface area contributed by atoms with E-state index in [0.717, 1.165) is 28.7 Å². The minimum Gasteiger partial charge on any atom is -0.480 e. The molecule has 8 heteroatoms. The summed E-state index contributed by atoms with van der Waals surface area (Å²) in [7, 11) is 0. The van der Waals surface area contributed by atoms with Gasteiger partial charge >= 0.3 is 12.1 Å². The number of hydrogen-bond acceptors (Lipinski definition) is 5. The van der Waals surface area contributed by atoms with Crippen LogP contribution in [0.2, 0.25) is 0 Å². The molecule has 2 aromatic rings. The van der Waals surface area contributed by atoms with E-state index in [1.807, 2.05) is 50.2 Å². The lowest BCUT2D eigenvalue weighted by atomic mass is 9.98. The molecule has 0 saturated carbocycles. The molecule has 3 N–H and O–H groups in total. The fourth-order valence-corrected chi connectivity index (χ4v) is 4.11. The van der Waals surface area contributed by atoms with E-state index in [-0.39, 0.29) is 37.5 Å². The van der Waals surface area contributed by atoms with Crippen LogP contribution >= 0.6 is 0 Å². The van der Waals surface area contributed by atoms with Gasteiger partial charge in [0.1, 0.15) is 19.3 Å². The number of hydrogen-bond donors (Lipinski definition) is 3. The van der Waals surface area contributed by atoms with Crippen LogP contribution in [0.15, 0.2) is 48.5 Å². The van der Waals surface area contributed by atoms with Gasteiger partial charge in [0, 0.05) is 12.5 Å². The Labute approximate surface area is 199 Å². The maximum atomic E-state index is 12.7. The van der Waals surface area contributed by atoms with E-state index < -0.39 is 24.7 Å². The summed E-state index contributed by atoms with van der Waals surface area (Å²) in [6.45, 7) is 3.99. The summed E-state index contributed by atoms with van der Waals surface area (Å²) >= 11 is 0. The molecule has 2 aromatic carbocycles. The maximum Gasteiger partial charge on any atom is 0.407 e. The van der Waals surface area contributed by atoms with Gasteiger partial charge in [-0.1, -0.05) is 68.8 Å². The van der Waals surface area contributed by atoms with Gasteiger partial charge in [0.15, 0.2) is 0 Å². The molecular formula is C26H32N2O6. The Bertz CT molecular complexity index is 963. The number of nitrogens with one attached hydrogen (secondary N) is 2. The number of carbonyl (C=O) groups excluding carboxylic acids is 2. The average molecular weight is 469 g/mol. The molecule has 2 unspecified atom stereocenters. The van der Waals surface area contributed by atoms with E-state index >= 15 is 0 Å². The highest BCUT2D eigenvalue weighted by molar-refractivity contribution is 5.85. The van der Waals surface area contributed by atoms with Crippen LogP contribution < -0.4 is 10.6 Å². The molecule has 182 valence electrons. The Hall–Kier alpha value is -3.39. The molecule has 0 saturated heterocycles. The monoisotopic (exact) mass is 468 g/mol. The minimum absolute atomic E-state index is 0.0635. The fourth-order valence-electron chi connectivity index (χ4n) is 4.11. The normalized spacial score (nSPS) is 13.9. The van der Waals surface area contributed by atoms with Crippen LogP contribution in [0.25, 0.3) is 11.1 Å². The summed E-state index contributed by atoms with van der Waals surface area (Å²) in [5.74, 6) is -1.27. The molecule has 0 spiro atoms. The first kappa shape index (κ1) is 25.2. The Kier molecular flexibility index (Phi) is 9.04. The third-order valence-corrected chi connectivity index (χ3v) is 6.06. The molecule has 0 radical (unpaired) electrons. The number of carboxylic acids is 1. The first-order chi connectivity index (χ1) is 16.4. The highest BCUT2D eigenvalue weighted by Crippen LogP contribution is 2.44. The molecule has 2 amide bonds. The molecule has 1 aliphatic rings. The van der Waals surface area contributed by atoms with Crippen molar-refractivity contribution in [1.82, 2.24) is 10.6 Å². The van der Waals surface area contributed by atoms with Crippen LogP contribution in [0.1, 0.15) is 43.7 Å². The van der Waals surface area contributed by atoms with Crippen LogP contribution in [0.3, 0.4) is 0 Å². The zero-order valence-corrected chi connectivity index (χ0v) is 19.6. The zero-order valence-electron chi connectivity index (χ0n) is 19.6. The van der Waals surface area contributed by atoms with Gasteiger partial charge in [0.25, 0.3) is 0 Å². The largest absolute Gasteiger partial charge is 0.480 e. The van der Waals surface area contributed by atoms with Gasteiger partial charge in [-0.25, -0.2) is 9.59 Å². The lowest BCUT2D eigenvalue weighted by molar-refractivity contribution is -0.142. The van der Waals surface area contributed by atoms with Crippen LogP contribution in [0.4, 0.5) is 4.79 Å². The van der Waals surface area contributed by atoms with Gasteiger partial charge in [0.2, 0.25) is 5.91 Å². The van der Waals surface area contributed by atoms with E-state index in [2.05, 4.69) is 22.8 Å². The van der Waals surface area contributed by atoms with Crippen molar-refractivity contribution >= 4 is 18.0 Å². The molecule has 1 aliphatic carbocycles. The first-order valence-electron chi connectivity index (χ1n) is 11.6. The van der Waals surface area contributed by atoms with Crippen molar-refractivity contribution < 1.29 is 29.0 Å². The second kappa shape index (κ2) is 12.2. The van der Waals surface area contributed by atoms with Crippen molar-refractivity contribution in [2.75, 3.05) is 26.4 Å². The average Bonchev–Trinajstić information content (AvgIpc) is 3.15. The van der Waals surface area contributed by atoms with Crippen LogP contribution in [-0.2, 0) is 19.1 Å². The molecule has 8 nitrogen and oxygen atoms in total. The van der Waals surface area contributed by atoms with E-state index in [4.69, 9.17) is 14.6 Å². The highest BCUT2D eigenvalue weighted by atomic mass is 16.5. The standard InChI is InChI=1S/C26H32N2O6/c1-3-17(2)14-23(25(31)27-12-13-33-16-24(29)30)28-26(32)34-15-22-20-10-6-4-8-18(20)19-9-5-7-11-21(19)22/h4-11,17,22-23H,3,12-16H2,1-2H3,(H,27,31)(H,28,32)(H,29,30). The minimum atomic E-state index is -1.07. The first-order valence-corrected chi connectivity index (χ1v) is 11.6. The van der Waals surface area contributed by atoms with Crippen molar-refractivity contribution in [1.29, 1.82) is 0 Å². The number of amides is 2. The molecule has 3 rings (SSSR count). The van der Waals surface area contributed by atoms with Gasteiger partial charge < -0.3 is 25.2 Å². The number of benzene rings is 2. The number of ether oxygens (including phenoxy) is 2. The van der Waals surface area contributed by atoms with Crippen LogP contribution in [-0.4, -0.2) is 55.5 Å². The second-order valence-electron chi connectivity index (χ2n) is 8.51. The SMILES string of the molecule is CCC(C)CC(NC(=O)OCC1c2ccccc2-c2ccccc21)C(=O)NCCOCC(=O)O. The van der Waals surface area contributed by atoms with Crippen LogP contribution in [0, 0.1) is 5.92 Å². The Morgan fingerprint density at radius 1 is 1.03 bits per heavy atom. The van der Waals surface area contributed by atoms with E-state index in [9.17, 15) is 14.4 Å². The molecule has 0 heterocycles. The Morgan fingerprint density at radius 2 is 1.65 bits per heavy atom. The summed E-state index contributed by atoms with van der Waals surface area (Å²) in [4.78, 5) is 35.8. The molecule has 34 heavy (non-hydrogen) atoms. The maximum absolute atomic E-state index is 12.7. The molecule has 0 bridgehead atoms. The van der Waals surface area contributed by atoms with E-state index in [0.29, 0.717) is 6.42 Å². The van der Waals surface area contributed by atoms with Crippen molar-refractivity contribution in [2.24, 2.45) is 5.92 Å². The quantitative estimate of drug-likeness (QED) is 0.411. The molecule has 2 atom stereocenters. The van der Waals surface area contributed by atoms with Gasteiger partial charge in [-0.05, 0) is 34.6 Å². The molecular weight excluding hydrogens is 436 g/mol. The van der Waals surface area contributed by atoms with E-state index in [1.165, 1.54) is 0 Å². The zero-order chi connectivity index (χ0) is 24.5. The number of fused-ring (bicyclic) bond motifs is 3. The number of aliphatic carboxylic acids is 1. The number of rotatable bonds is 12. The molecule has 0 aliphatic heterocycles. The summed E-state index contributed by atoms with van der Waals surface area (Å²) in [5, 5.41) is 14.0. The Morgan fingerprint density at radius 3 is 2.24 bits per heavy atom. The number of carboxylic acid groups (broad SMARTS) is 1. The smallest absolute Gasteiger partial charge is 0.407 e. The summed E-state index contributed by atoms with van der Waals surface area (Å²) in [6.07, 6.45) is 0.674. The van der Waals surface area contributed by atoms with Crippen molar-refractivity contribution in [3.63, 3.8) is 0 Å². The summed E-state index contributed by atoms with van der Waals surface area (Å²) in [5.41, 5.74) is 4.52. The predicted molar refractivity (Wildman–Crippen MR) is 128 cm³/mol. The van der Waals surface area contributed by atoms with Crippen molar-refractivity contribution in [3.8, 4) is 11.1 Å². The number of carbonyl (C=O) groups is 3. The Balaban J connectivity index is 1.58. The lowest BCUT2D eigenvalue weighted by Gasteiger charge is -2.22. The van der Waals surface area contributed by atoms with Gasteiger partial charge in [0.05, 0.1) is 6.61 Å². The molecule has 0 fully saturated rings. The van der Waals surface area contributed by atoms with Gasteiger partial charge in [-0.15, -0.1) is 0 Å². The summed E-state index contributed by atoms with van der Waals surface area (Å²) in [6, 6.07) is 15.4. The van der Waals surface area contributed by atoms with Crippen molar-refractivity contribution in [3.05, 3.63) is 59.7 Å². The molecule has 0 aromatic heterocycles. The third kappa shape index (κ3) is 6.57. The van der Waals surface area contributed by atoms with E-state index in [1.54, 1.807) is 0 Å². The summed E-state index contributed by atoms with van der Waals surface area (Å²) < 4.78 is 10.5. The predicted octanol–water partition coefficient (Wildman–Crippen LogP) is 3.55. The third-order valence-electron chi connectivity index (χ3n) is 6.06. The highest BCUT2D eigenvalue weighted by Gasteiger charge is 2.30. The lowest BCUT2D eigenvalue weighted by Crippen LogP contribution is -2.48. The fraction of sp³-hybridized carbons (Fsp3) is 0.423. The van der Waals surface area contributed by atoms with Gasteiger partial charge in [-0.3, -0.25) is 4.79 Å². The van der Waals surface area contributed by atoms with Crippen molar-refractivity contribution in [2.45, 2.75) is 38.6 Å². The van der Waals surface area contributed by atoms with Crippen LogP contribution in [0.5, 0.6) is 0 Å². The topological polar surface area (TPSA) is 114 Å². The van der Waals surface area contributed by atoms with Gasteiger partial charge in [-0.2, -0.15) is 0 Å². The number of alkyl carbamates (subject to hydrolysis) is 1. The second-order valence-corrected chi connectivity index (χ2v) is 8.51.